The van der Waals surface area contributed by atoms with E-state index in [4.69, 9.17) is 5.26 Å². The fourth-order valence-electron chi connectivity index (χ4n) is 2.71. The van der Waals surface area contributed by atoms with Crippen LogP contribution in [0.3, 0.4) is 0 Å². The zero-order valence-corrected chi connectivity index (χ0v) is 9.80. The van der Waals surface area contributed by atoms with E-state index in [2.05, 4.69) is 39.8 Å². The molecule has 78 valence electrons. The van der Waals surface area contributed by atoms with E-state index in [9.17, 15) is 0 Å². The third kappa shape index (κ3) is 1.59. The van der Waals surface area contributed by atoms with Crippen LogP contribution in [0, 0.1) is 28.6 Å². The molecule has 1 heteroatoms. The molecule has 3 atom stereocenters. The first-order valence-corrected chi connectivity index (χ1v) is 5.70. The summed E-state index contributed by atoms with van der Waals surface area (Å²) in [5.74, 6) is 1.40. The van der Waals surface area contributed by atoms with Crippen LogP contribution in [0.4, 0.5) is 0 Å². The fraction of sp³-hybridized carbons (Fsp3) is 0.769. The molecule has 0 fully saturated rings. The molecule has 14 heavy (non-hydrogen) atoms. The fourth-order valence-corrected chi connectivity index (χ4v) is 2.71. The third-order valence-corrected chi connectivity index (χ3v) is 4.20. The van der Waals surface area contributed by atoms with E-state index in [1.54, 1.807) is 0 Å². The highest BCUT2D eigenvalue weighted by Crippen LogP contribution is 2.49. The Morgan fingerprint density at radius 3 is 2.71 bits per heavy atom. The Balaban J connectivity index is 2.91. The summed E-state index contributed by atoms with van der Waals surface area (Å²) < 4.78 is 0. The second-order valence-corrected chi connectivity index (χ2v) is 4.73. The van der Waals surface area contributed by atoms with E-state index in [0.29, 0.717) is 5.92 Å². The van der Waals surface area contributed by atoms with E-state index in [1.807, 2.05) is 0 Å². The molecule has 3 unspecified atom stereocenters. The van der Waals surface area contributed by atoms with E-state index in [1.165, 1.54) is 6.42 Å². The molecule has 0 saturated carbocycles. The summed E-state index contributed by atoms with van der Waals surface area (Å²) in [5.41, 5.74) is 1.16. The van der Waals surface area contributed by atoms with Crippen LogP contribution in [-0.4, -0.2) is 0 Å². The maximum Gasteiger partial charge on any atom is 0.0949 e. The quantitative estimate of drug-likeness (QED) is 0.663. The van der Waals surface area contributed by atoms with Crippen molar-refractivity contribution in [3.8, 4) is 6.07 Å². The van der Waals surface area contributed by atoms with Gasteiger partial charge in [0.1, 0.15) is 0 Å². The van der Waals surface area contributed by atoms with Gasteiger partial charge >= 0.3 is 0 Å². The molecule has 1 aliphatic carbocycles. The highest BCUT2D eigenvalue weighted by atomic mass is 14.5. The van der Waals surface area contributed by atoms with Gasteiger partial charge in [-0.25, -0.2) is 0 Å². The monoisotopic (exact) mass is 191 g/mol. The summed E-state index contributed by atoms with van der Waals surface area (Å²) in [7, 11) is 0. The van der Waals surface area contributed by atoms with Crippen LogP contribution in [0.1, 0.15) is 47.0 Å². The smallest absolute Gasteiger partial charge is 0.0949 e. The summed E-state index contributed by atoms with van der Waals surface area (Å²) in [6, 6.07) is 2.38. The molecule has 1 nitrogen and oxygen atoms in total. The molecule has 0 aromatic heterocycles. The third-order valence-electron chi connectivity index (χ3n) is 4.20. The van der Waals surface area contributed by atoms with Crippen molar-refractivity contribution >= 4 is 0 Å². The van der Waals surface area contributed by atoms with Gasteiger partial charge in [-0.2, -0.15) is 5.26 Å². The summed E-state index contributed by atoms with van der Waals surface area (Å²) in [4.78, 5) is 0. The molecule has 1 rings (SSSR count). The minimum atomic E-state index is 0.143. The lowest BCUT2D eigenvalue weighted by Gasteiger charge is -2.35. The second kappa shape index (κ2) is 4.17. The predicted molar refractivity (Wildman–Crippen MR) is 59.7 cm³/mol. The second-order valence-electron chi connectivity index (χ2n) is 4.73. The number of nitriles is 1. The maximum absolute atomic E-state index is 9.09. The Bertz CT molecular complexity index is 271. The highest BCUT2D eigenvalue weighted by molar-refractivity contribution is 5.34. The SMILES string of the molecule is CCC(C)C1CC=C(C#N)C1(C)CC. The van der Waals surface area contributed by atoms with Crippen molar-refractivity contribution in [1.29, 1.82) is 5.26 Å². The molecule has 0 heterocycles. The van der Waals surface area contributed by atoms with Crippen LogP contribution in [-0.2, 0) is 0 Å². The van der Waals surface area contributed by atoms with Gasteiger partial charge in [0.2, 0.25) is 0 Å². The summed E-state index contributed by atoms with van der Waals surface area (Å²) in [6.45, 7) is 9.01. The summed E-state index contributed by atoms with van der Waals surface area (Å²) in [6.07, 6.45) is 5.55. The lowest BCUT2D eigenvalue weighted by molar-refractivity contribution is 0.182. The Hall–Kier alpha value is -0.770. The van der Waals surface area contributed by atoms with Crippen molar-refractivity contribution < 1.29 is 0 Å². The number of hydrogen-bond donors (Lipinski definition) is 0. The number of rotatable bonds is 3. The maximum atomic E-state index is 9.09. The summed E-state index contributed by atoms with van der Waals surface area (Å²) >= 11 is 0. The van der Waals surface area contributed by atoms with Crippen molar-refractivity contribution in [1.82, 2.24) is 0 Å². The Labute approximate surface area is 87.8 Å². The first-order chi connectivity index (χ1) is 6.60. The molecule has 0 amide bonds. The summed E-state index contributed by atoms with van der Waals surface area (Å²) in [5, 5.41) is 9.09. The molecular weight excluding hydrogens is 170 g/mol. The van der Waals surface area contributed by atoms with E-state index < -0.39 is 0 Å². The minimum Gasteiger partial charge on any atom is -0.193 e. The average molecular weight is 191 g/mol. The first kappa shape index (κ1) is 11.3. The molecule has 0 radical (unpaired) electrons. The van der Waals surface area contributed by atoms with E-state index in [-0.39, 0.29) is 5.41 Å². The Morgan fingerprint density at radius 1 is 1.64 bits per heavy atom. The van der Waals surface area contributed by atoms with Crippen molar-refractivity contribution in [3.05, 3.63) is 11.6 Å². The van der Waals surface area contributed by atoms with Gasteiger partial charge < -0.3 is 0 Å². The first-order valence-electron chi connectivity index (χ1n) is 5.70. The molecule has 0 aliphatic heterocycles. The van der Waals surface area contributed by atoms with Crippen molar-refractivity contribution in [2.45, 2.75) is 47.0 Å². The Kier molecular flexibility index (Phi) is 3.37. The van der Waals surface area contributed by atoms with Crippen molar-refractivity contribution in [3.63, 3.8) is 0 Å². The van der Waals surface area contributed by atoms with Crippen molar-refractivity contribution in [2.24, 2.45) is 17.3 Å². The Morgan fingerprint density at radius 2 is 2.29 bits per heavy atom. The molecule has 1 aliphatic rings. The molecule has 0 aromatic carbocycles. The van der Waals surface area contributed by atoms with Gasteiger partial charge in [-0.3, -0.25) is 0 Å². The van der Waals surface area contributed by atoms with Gasteiger partial charge in [-0.05, 0) is 24.7 Å². The van der Waals surface area contributed by atoms with Gasteiger partial charge in [0.15, 0.2) is 0 Å². The minimum absolute atomic E-state index is 0.143. The van der Waals surface area contributed by atoms with Gasteiger partial charge in [0, 0.05) is 11.0 Å². The molecule has 0 aromatic rings. The van der Waals surface area contributed by atoms with Crippen LogP contribution < -0.4 is 0 Å². The van der Waals surface area contributed by atoms with Gasteiger partial charge in [0.05, 0.1) is 6.07 Å². The van der Waals surface area contributed by atoms with Crippen molar-refractivity contribution in [2.75, 3.05) is 0 Å². The van der Waals surface area contributed by atoms with Crippen LogP contribution in [0.5, 0.6) is 0 Å². The highest BCUT2D eigenvalue weighted by Gasteiger charge is 2.41. The zero-order chi connectivity index (χ0) is 10.8. The van der Waals surface area contributed by atoms with Gasteiger partial charge in [-0.1, -0.05) is 40.2 Å². The largest absolute Gasteiger partial charge is 0.193 e. The average Bonchev–Trinajstić information content (AvgIpc) is 2.55. The normalized spacial score (nSPS) is 33.6. The lowest BCUT2D eigenvalue weighted by Crippen LogP contribution is -2.28. The van der Waals surface area contributed by atoms with Crippen LogP contribution in [0.15, 0.2) is 11.6 Å². The molecule has 0 N–H and O–H groups in total. The van der Waals surface area contributed by atoms with E-state index in [0.717, 1.165) is 24.3 Å². The van der Waals surface area contributed by atoms with Crippen LogP contribution >= 0.6 is 0 Å². The molecule has 0 bridgehead atoms. The van der Waals surface area contributed by atoms with Gasteiger partial charge in [-0.15, -0.1) is 0 Å². The molecular formula is C13H21N. The number of allylic oxidation sites excluding steroid dienone is 2. The predicted octanol–water partition coefficient (Wildman–Crippen LogP) is 3.92. The topological polar surface area (TPSA) is 23.8 Å². The number of nitrogens with zero attached hydrogens (tertiary/aromatic N) is 1. The van der Waals surface area contributed by atoms with Gasteiger partial charge in [0.25, 0.3) is 0 Å². The molecule has 0 spiro atoms. The van der Waals surface area contributed by atoms with Crippen LogP contribution in [0.25, 0.3) is 0 Å². The molecule has 0 saturated heterocycles. The lowest BCUT2D eigenvalue weighted by atomic mass is 9.68. The van der Waals surface area contributed by atoms with Crippen LogP contribution in [0.2, 0.25) is 0 Å². The standard InChI is InChI=1S/C13H21N/c1-5-10(3)12-8-7-11(9-14)13(12,4)6-2/h7,10,12H,5-6,8H2,1-4H3. The number of hydrogen-bond acceptors (Lipinski definition) is 1. The van der Waals surface area contributed by atoms with E-state index >= 15 is 0 Å². The zero-order valence-electron chi connectivity index (χ0n) is 9.80.